The standard InChI is InChI=1S/C56H90O6/c1-4-7-10-13-16-19-22-25-28-29-32-34-37-40-43-46-49-55(58)61-52-53(62-56(59)50-47-44-41-38-35-31-27-24-21-18-15-12-9-6-3)51-60-54(57)48-45-42-39-36-33-30-26-23-20-17-14-11-8-5-2/h7-12,16-21,25-28,30-31,53H,4-6,13-15,22-24,29,32-52H2,1-3H3/b10-7-,11-8-,12-9-,19-16-,20-17-,21-18-,28-25-,30-26-,31-27-. The summed E-state index contributed by atoms with van der Waals surface area (Å²) in [6.45, 7) is 6.23. The van der Waals surface area contributed by atoms with Crippen molar-refractivity contribution < 1.29 is 28.6 Å². The molecule has 0 amide bonds. The molecule has 6 heteroatoms. The molecule has 350 valence electrons. The molecule has 0 bridgehead atoms. The van der Waals surface area contributed by atoms with E-state index >= 15 is 0 Å². The molecule has 0 rings (SSSR count). The van der Waals surface area contributed by atoms with Gasteiger partial charge in [-0.15, -0.1) is 0 Å². The molecule has 0 aliphatic heterocycles. The Morgan fingerprint density at radius 2 is 0.581 bits per heavy atom. The summed E-state index contributed by atoms with van der Waals surface area (Å²) in [6.07, 6.45) is 66.4. The van der Waals surface area contributed by atoms with Crippen LogP contribution in [0.25, 0.3) is 0 Å². The van der Waals surface area contributed by atoms with E-state index in [1.54, 1.807) is 0 Å². The topological polar surface area (TPSA) is 78.9 Å². The summed E-state index contributed by atoms with van der Waals surface area (Å²) in [5.74, 6) is -0.968. The molecule has 6 nitrogen and oxygen atoms in total. The molecule has 0 aliphatic carbocycles. The number of hydrogen-bond acceptors (Lipinski definition) is 6. The van der Waals surface area contributed by atoms with E-state index in [4.69, 9.17) is 14.2 Å². The number of ether oxygens (including phenoxy) is 3. The average Bonchev–Trinajstić information content (AvgIpc) is 3.27. The van der Waals surface area contributed by atoms with Crippen LogP contribution in [0.2, 0.25) is 0 Å². The van der Waals surface area contributed by atoms with Crippen molar-refractivity contribution in [3.8, 4) is 0 Å². The van der Waals surface area contributed by atoms with Gasteiger partial charge in [0.2, 0.25) is 0 Å². The molecule has 1 atom stereocenters. The van der Waals surface area contributed by atoms with E-state index in [0.29, 0.717) is 19.3 Å². The van der Waals surface area contributed by atoms with Crippen LogP contribution in [0.3, 0.4) is 0 Å². The van der Waals surface area contributed by atoms with Gasteiger partial charge in [0.15, 0.2) is 6.10 Å². The highest BCUT2D eigenvalue weighted by Crippen LogP contribution is 2.13. The lowest BCUT2D eigenvalue weighted by atomic mass is 10.1. The smallest absolute Gasteiger partial charge is 0.306 e. The Labute approximate surface area is 380 Å². The molecule has 0 heterocycles. The van der Waals surface area contributed by atoms with Gasteiger partial charge in [0.05, 0.1) is 0 Å². The number of hydrogen-bond donors (Lipinski definition) is 0. The second kappa shape index (κ2) is 49.7. The van der Waals surface area contributed by atoms with Crippen LogP contribution in [0, 0.1) is 0 Å². The average molecular weight is 859 g/mol. The Balaban J connectivity index is 4.49. The molecule has 0 radical (unpaired) electrons. The van der Waals surface area contributed by atoms with Gasteiger partial charge in [0.25, 0.3) is 0 Å². The van der Waals surface area contributed by atoms with Crippen LogP contribution in [0.1, 0.15) is 207 Å². The third kappa shape index (κ3) is 47.1. The summed E-state index contributed by atoms with van der Waals surface area (Å²) in [5, 5.41) is 0. The third-order valence-electron chi connectivity index (χ3n) is 10.0. The zero-order chi connectivity index (χ0) is 45.1. The summed E-state index contributed by atoms with van der Waals surface area (Å²) >= 11 is 0. The van der Waals surface area contributed by atoms with Gasteiger partial charge in [-0.25, -0.2) is 0 Å². The van der Waals surface area contributed by atoms with Crippen LogP contribution in [0.15, 0.2) is 109 Å². The minimum absolute atomic E-state index is 0.104. The molecule has 0 spiro atoms. The number of carbonyl (C=O) groups is 3. The molecule has 0 aromatic carbocycles. The van der Waals surface area contributed by atoms with Gasteiger partial charge in [-0.2, -0.15) is 0 Å². The molecular weight excluding hydrogens is 769 g/mol. The molecule has 0 saturated heterocycles. The Kier molecular flexibility index (Phi) is 46.6. The highest BCUT2D eigenvalue weighted by atomic mass is 16.6. The van der Waals surface area contributed by atoms with Gasteiger partial charge >= 0.3 is 17.9 Å². The van der Waals surface area contributed by atoms with Crippen molar-refractivity contribution in [1.82, 2.24) is 0 Å². The van der Waals surface area contributed by atoms with Crippen LogP contribution in [0.5, 0.6) is 0 Å². The summed E-state index contributed by atoms with van der Waals surface area (Å²) in [5.41, 5.74) is 0. The molecule has 0 saturated carbocycles. The largest absolute Gasteiger partial charge is 0.462 e. The summed E-state index contributed by atoms with van der Waals surface area (Å²) < 4.78 is 16.7. The molecule has 62 heavy (non-hydrogen) atoms. The number of unbranched alkanes of at least 4 members (excludes halogenated alkanes) is 14. The fraction of sp³-hybridized carbons (Fsp3) is 0.625. The predicted octanol–water partition coefficient (Wildman–Crippen LogP) is 16.4. The van der Waals surface area contributed by atoms with Crippen molar-refractivity contribution in [3.63, 3.8) is 0 Å². The summed E-state index contributed by atoms with van der Waals surface area (Å²) in [6, 6.07) is 0. The summed E-state index contributed by atoms with van der Waals surface area (Å²) in [7, 11) is 0. The maximum atomic E-state index is 12.8. The molecule has 0 aliphatic rings. The van der Waals surface area contributed by atoms with E-state index in [1.807, 2.05) is 0 Å². The lowest BCUT2D eigenvalue weighted by Crippen LogP contribution is -2.30. The van der Waals surface area contributed by atoms with Gasteiger partial charge in [0, 0.05) is 19.3 Å². The van der Waals surface area contributed by atoms with Crippen molar-refractivity contribution in [1.29, 1.82) is 0 Å². The first-order valence-corrected chi connectivity index (χ1v) is 24.9. The second-order valence-corrected chi connectivity index (χ2v) is 15.9. The highest BCUT2D eigenvalue weighted by Gasteiger charge is 2.19. The maximum absolute atomic E-state index is 12.8. The number of rotatable bonds is 43. The molecule has 0 aromatic heterocycles. The number of carbonyl (C=O) groups excluding carboxylic acids is 3. The van der Waals surface area contributed by atoms with Crippen molar-refractivity contribution in [2.75, 3.05) is 13.2 Å². The second-order valence-electron chi connectivity index (χ2n) is 15.9. The first-order chi connectivity index (χ1) is 30.5. The Bertz CT molecular complexity index is 1310. The molecule has 0 fully saturated rings. The molecular formula is C56H90O6. The first kappa shape index (κ1) is 58.1. The zero-order valence-electron chi connectivity index (χ0n) is 39.8. The van der Waals surface area contributed by atoms with E-state index in [1.165, 1.54) is 12.8 Å². The Hall–Kier alpha value is -3.93. The molecule has 1 unspecified atom stereocenters. The lowest BCUT2D eigenvalue weighted by Gasteiger charge is -2.18. The van der Waals surface area contributed by atoms with E-state index in [0.717, 1.165) is 154 Å². The first-order valence-electron chi connectivity index (χ1n) is 24.9. The SMILES string of the molecule is CC/C=C\C/C=C\C/C=C\CCCCCCCCC(=O)OCC(COC(=O)CCCCCC/C=C\C/C=C\C/C=C\CC)OC(=O)CCCCCC/C=C\C/C=C\C/C=C\CC. The van der Waals surface area contributed by atoms with Crippen molar-refractivity contribution in [2.45, 2.75) is 213 Å². The molecule has 0 N–H and O–H groups in total. The van der Waals surface area contributed by atoms with Crippen LogP contribution >= 0.6 is 0 Å². The van der Waals surface area contributed by atoms with E-state index in [-0.39, 0.29) is 31.1 Å². The number of esters is 3. The Morgan fingerprint density at radius 3 is 0.903 bits per heavy atom. The quantitative estimate of drug-likeness (QED) is 0.0263. The fourth-order valence-corrected chi connectivity index (χ4v) is 6.37. The number of allylic oxidation sites excluding steroid dienone is 18. The van der Waals surface area contributed by atoms with Crippen molar-refractivity contribution >= 4 is 17.9 Å². The van der Waals surface area contributed by atoms with Gasteiger partial charge in [-0.1, -0.05) is 182 Å². The maximum Gasteiger partial charge on any atom is 0.306 e. The van der Waals surface area contributed by atoms with Crippen LogP contribution in [-0.2, 0) is 28.6 Å². The van der Waals surface area contributed by atoms with Gasteiger partial charge in [-0.05, 0) is 116 Å². The predicted molar refractivity (Wildman–Crippen MR) is 265 cm³/mol. The highest BCUT2D eigenvalue weighted by molar-refractivity contribution is 5.71. The minimum atomic E-state index is -0.806. The van der Waals surface area contributed by atoms with Gasteiger partial charge < -0.3 is 14.2 Å². The van der Waals surface area contributed by atoms with E-state index in [2.05, 4.69) is 130 Å². The zero-order valence-corrected chi connectivity index (χ0v) is 39.8. The Morgan fingerprint density at radius 1 is 0.323 bits per heavy atom. The van der Waals surface area contributed by atoms with Gasteiger partial charge in [-0.3, -0.25) is 14.4 Å². The normalized spacial score (nSPS) is 13.0. The molecule has 0 aromatic rings. The monoisotopic (exact) mass is 859 g/mol. The van der Waals surface area contributed by atoms with E-state index < -0.39 is 6.10 Å². The fourth-order valence-electron chi connectivity index (χ4n) is 6.37. The van der Waals surface area contributed by atoms with Gasteiger partial charge in [0.1, 0.15) is 13.2 Å². The van der Waals surface area contributed by atoms with Crippen LogP contribution in [-0.4, -0.2) is 37.2 Å². The van der Waals surface area contributed by atoms with Crippen LogP contribution < -0.4 is 0 Å². The van der Waals surface area contributed by atoms with Crippen LogP contribution in [0.4, 0.5) is 0 Å². The van der Waals surface area contributed by atoms with Crippen molar-refractivity contribution in [3.05, 3.63) is 109 Å². The summed E-state index contributed by atoms with van der Waals surface area (Å²) in [4.78, 5) is 37.9. The van der Waals surface area contributed by atoms with Crippen molar-refractivity contribution in [2.24, 2.45) is 0 Å². The minimum Gasteiger partial charge on any atom is -0.462 e. The third-order valence-corrected chi connectivity index (χ3v) is 10.0. The van der Waals surface area contributed by atoms with E-state index in [9.17, 15) is 14.4 Å². The lowest BCUT2D eigenvalue weighted by molar-refractivity contribution is -0.167.